The van der Waals surface area contributed by atoms with Gasteiger partial charge in [0.15, 0.2) is 0 Å². The molecule has 4 rings (SSSR count). The van der Waals surface area contributed by atoms with Gasteiger partial charge in [-0.05, 0) is 42.5 Å². The molecule has 0 atom stereocenters. The number of aliphatic imine (C=N–C) groups is 2. The monoisotopic (exact) mass is 408 g/mol. The molecule has 160 valence electrons. The van der Waals surface area contributed by atoms with Crippen molar-refractivity contribution in [3.8, 4) is 5.75 Å². The smallest absolute Gasteiger partial charge is 0.342 e. The average Bonchev–Trinajstić information content (AvgIpc) is 2.80. The standard InChI is InChI=1S/C13H22N2.C12H10O3/c1-3-7-12(8-4-1)14-11-15-13-9-5-2-6-10-13;1-15-12(14)11-9-5-3-2-4-8(9)6-7-10(11)13/h12-13H,1-10H2;2-7,13H,1H3. The van der Waals surface area contributed by atoms with Crippen molar-refractivity contribution in [1.82, 2.24) is 0 Å². The van der Waals surface area contributed by atoms with Crippen LogP contribution in [0, 0.1) is 0 Å². The van der Waals surface area contributed by atoms with E-state index < -0.39 is 5.97 Å². The molecule has 2 saturated carbocycles. The van der Waals surface area contributed by atoms with Crippen LogP contribution < -0.4 is 0 Å². The van der Waals surface area contributed by atoms with Crippen molar-refractivity contribution in [3.05, 3.63) is 42.0 Å². The largest absolute Gasteiger partial charge is 0.507 e. The van der Waals surface area contributed by atoms with E-state index in [2.05, 4.69) is 20.7 Å². The normalized spacial score (nSPS) is 17.4. The summed E-state index contributed by atoms with van der Waals surface area (Å²) in [5, 5.41) is 11.2. The minimum Gasteiger partial charge on any atom is -0.507 e. The van der Waals surface area contributed by atoms with Crippen LogP contribution in [0.1, 0.15) is 74.6 Å². The molecule has 0 aliphatic heterocycles. The maximum atomic E-state index is 11.5. The summed E-state index contributed by atoms with van der Waals surface area (Å²) in [5.41, 5.74) is 0.218. The van der Waals surface area contributed by atoms with E-state index in [9.17, 15) is 9.90 Å². The van der Waals surface area contributed by atoms with Crippen LogP contribution in [-0.4, -0.2) is 36.3 Å². The van der Waals surface area contributed by atoms with E-state index in [1.54, 1.807) is 12.1 Å². The first kappa shape index (κ1) is 22.0. The summed E-state index contributed by atoms with van der Waals surface area (Å²) in [6, 6.07) is 14.6. The number of nitrogens with zero attached hydrogens (tertiary/aromatic N) is 2. The molecule has 0 amide bonds. The molecule has 5 nitrogen and oxygen atoms in total. The second-order valence-corrected chi connectivity index (χ2v) is 8.11. The molecule has 0 heterocycles. The number of aromatic hydroxyl groups is 1. The van der Waals surface area contributed by atoms with Crippen molar-refractivity contribution < 1.29 is 14.6 Å². The van der Waals surface area contributed by atoms with Crippen molar-refractivity contribution in [2.45, 2.75) is 76.3 Å². The van der Waals surface area contributed by atoms with Gasteiger partial charge in [0.25, 0.3) is 0 Å². The molecule has 2 fully saturated rings. The van der Waals surface area contributed by atoms with Gasteiger partial charge in [-0.1, -0.05) is 68.9 Å². The highest BCUT2D eigenvalue weighted by Crippen LogP contribution is 2.27. The van der Waals surface area contributed by atoms with Crippen LogP contribution in [0.2, 0.25) is 0 Å². The molecular weight excluding hydrogens is 376 g/mol. The maximum Gasteiger partial charge on any atom is 0.342 e. The molecule has 2 aliphatic rings. The number of phenols is 1. The molecular formula is C25H32N2O3. The zero-order valence-electron chi connectivity index (χ0n) is 17.8. The second kappa shape index (κ2) is 11.5. The summed E-state index contributed by atoms with van der Waals surface area (Å²) in [6.45, 7) is 0. The summed E-state index contributed by atoms with van der Waals surface area (Å²) in [7, 11) is 1.30. The molecule has 0 saturated heterocycles. The molecule has 2 aromatic carbocycles. The molecule has 0 radical (unpaired) electrons. The first-order valence-corrected chi connectivity index (χ1v) is 11.1. The molecule has 0 aromatic heterocycles. The highest BCUT2D eigenvalue weighted by molar-refractivity contribution is 6.06. The molecule has 5 heteroatoms. The minimum atomic E-state index is -0.524. The third-order valence-corrected chi connectivity index (χ3v) is 5.93. The number of ether oxygens (including phenoxy) is 1. The lowest BCUT2D eigenvalue weighted by Gasteiger charge is -2.17. The Labute approximate surface area is 178 Å². The Bertz CT molecular complexity index is 868. The quantitative estimate of drug-likeness (QED) is 0.488. The van der Waals surface area contributed by atoms with Gasteiger partial charge in [-0.2, -0.15) is 0 Å². The van der Waals surface area contributed by atoms with Crippen LogP contribution >= 0.6 is 0 Å². The van der Waals surface area contributed by atoms with Crippen LogP contribution in [0.4, 0.5) is 0 Å². The number of fused-ring (bicyclic) bond motifs is 1. The maximum absolute atomic E-state index is 11.5. The Hall–Kier alpha value is -2.65. The zero-order valence-corrected chi connectivity index (χ0v) is 17.8. The first-order valence-electron chi connectivity index (χ1n) is 11.1. The highest BCUT2D eigenvalue weighted by atomic mass is 16.5. The van der Waals surface area contributed by atoms with E-state index in [4.69, 9.17) is 0 Å². The predicted molar refractivity (Wildman–Crippen MR) is 121 cm³/mol. The lowest BCUT2D eigenvalue weighted by molar-refractivity contribution is 0.0600. The van der Waals surface area contributed by atoms with Crippen LogP contribution in [0.5, 0.6) is 5.75 Å². The number of carbonyl (C=O) groups is 1. The van der Waals surface area contributed by atoms with E-state index in [1.807, 2.05) is 18.2 Å². The molecule has 0 spiro atoms. The van der Waals surface area contributed by atoms with Gasteiger partial charge in [-0.25, -0.2) is 14.8 Å². The SMILES string of the molecule is C(=NC1CCCCC1)=NC1CCCCC1.COC(=O)c1c(O)ccc2ccccc12. The Balaban J connectivity index is 0.000000171. The molecule has 1 N–H and O–H groups in total. The van der Waals surface area contributed by atoms with Crippen LogP contribution in [-0.2, 0) is 4.74 Å². The number of hydrogen-bond acceptors (Lipinski definition) is 5. The van der Waals surface area contributed by atoms with Gasteiger partial charge in [-0.3, -0.25) is 0 Å². The fourth-order valence-corrected chi connectivity index (χ4v) is 4.19. The number of benzene rings is 2. The van der Waals surface area contributed by atoms with Gasteiger partial charge in [0.05, 0.1) is 25.2 Å². The number of methoxy groups -OCH3 is 1. The number of carbonyl (C=O) groups excluding carboxylic acids is 1. The molecule has 2 aliphatic carbocycles. The van der Waals surface area contributed by atoms with Crippen molar-refractivity contribution in [3.63, 3.8) is 0 Å². The van der Waals surface area contributed by atoms with E-state index in [0.717, 1.165) is 5.39 Å². The van der Waals surface area contributed by atoms with Crippen LogP contribution in [0.3, 0.4) is 0 Å². The number of rotatable bonds is 3. The van der Waals surface area contributed by atoms with Gasteiger partial charge in [0.1, 0.15) is 11.3 Å². The Morgan fingerprint density at radius 2 is 1.47 bits per heavy atom. The lowest BCUT2D eigenvalue weighted by Crippen LogP contribution is -2.10. The fourth-order valence-electron chi connectivity index (χ4n) is 4.19. The summed E-state index contributed by atoms with van der Waals surface area (Å²) in [4.78, 5) is 20.4. The summed E-state index contributed by atoms with van der Waals surface area (Å²) in [6.07, 6.45) is 13.2. The summed E-state index contributed by atoms with van der Waals surface area (Å²) < 4.78 is 4.63. The van der Waals surface area contributed by atoms with E-state index >= 15 is 0 Å². The first-order chi connectivity index (χ1) is 14.7. The average molecular weight is 409 g/mol. The van der Waals surface area contributed by atoms with Crippen LogP contribution in [0.15, 0.2) is 46.4 Å². The van der Waals surface area contributed by atoms with E-state index in [0.29, 0.717) is 17.5 Å². The van der Waals surface area contributed by atoms with Crippen molar-refractivity contribution >= 4 is 22.8 Å². The van der Waals surface area contributed by atoms with Gasteiger partial charge in [-0.15, -0.1) is 0 Å². The lowest BCUT2D eigenvalue weighted by atomic mass is 9.96. The van der Waals surface area contributed by atoms with Crippen molar-refractivity contribution in [2.75, 3.05) is 7.11 Å². The van der Waals surface area contributed by atoms with E-state index in [1.165, 1.54) is 77.4 Å². The zero-order chi connectivity index (χ0) is 21.2. The molecule has 0 unspecified atom stereocenters. The predicted octanol–water partition coefficient (Wildman–Crippen LogP) is 6.16. The molecule has 0 bridgehead atoms. The third kappa shape index (κ3) is 6.17. The number of phenolic OH excluding ortho intramolecular Hbond substituents is 1. The van der Waals surface area contributed by atoms with Gasteiger partial charge >= 0.3 is 5.97 Å². The van der Waals surface area contributed by atoms with Gasteiger partial charge < -0.3 is 9.84 Å². The van der Waals surface area contributed by atoms with Gasteiger partial charge in [0, 0.05) is 0 Å². The Kier molecular flexibility index (Phi) is 8.46. The Morgan fingerprint density at radius 3 is 2.03 bits per heavy atom. The summed E-state index contributed by atoms with van der Waals surface area (Å²) in [5.74, 6) is -0.579. The van der Waals surface area contributed by atoms with Crippen molar-refractivity contribution in [1.29, 1.82) is 0 Å². The molecule has 2 aromatic rings. The summed E-state index contributed by atoms with van der Waals surface area (Å²) >= 11 is 0. The second-order valence-electron chi connectivity index (χ2n) is 8.11. The third-order valence-electron chi connectivity index (χ3n) is 5.93. The fraction of sp³-hybridized carbons (Fsp3) is 0.520. The minimum absolute atomic E-state index is 0.0550. The van der Waals surface area contributed by atoms with Crippen molar-refractivity contribution in [2.24, 2.45) is 9.98 Å². The van der Waals surface area contributed by atoms with E-state index in [-0.39, 0.29) is 11.3 Å². The highest BCUT2D eigenvalue weighted by Gasteiger charge is 2.15. The molecule has 30 heavy (non-hydrogen) atoms. The Morgan fingerprint density at radius 1 is 0.900 bits per heavy atom. The number of hydrogen-bond donors (Lipinski definition) is 1. The van der Waals surface area contributed by atoms with Gasteiger partial charge in [0.2, 0.25) is 0 Å². The number of esters is 1. The van der Waals surface area contributed by atoms with Crippen LogP contribution in [0.25, 0.3) is 10.8 Å². The topological polar surface area (TPSA) is 71.2 Å².